The normalized spacial score (nSPS) is 11.0. The van der Waals surface area contributed by atoms with Crippen LogP contribution in [0.4, 0.5) is 4.39 Å². The number of oxazole rings is 1. The summed E-state index contributed by atoms with van der Waals surface area (Å²) in [6, 6.07) is 6.02. The molecule has 2 aromatic rings. The smallest absolute Gasteiger partial charge is 0.220 e. The van der Waals surface area contributed by atoms with Crippen LogP contribution in [0.25, 0.3) is 11.3 Å². The Morgan fingerprint density at radius 2 is 2.04 bits per heavy atom. The highest BCUT2D eigenvalue weighted by atomic mass is 19.1. The number of amides is 1. The van der Waals surface area contributed by atoms with Gasteiger partial charge in [0.1, 0.15) is 5.82 Å². The Labute approximate surface area is 135 Å². The molecule has 0 spiro atoms. The van der Waals surface area contributed by atoms with Gasteiger partial charge >= 0.3 is 0 Å². The zero-order valence-corrected chi connectivity index (χ0v) is 13.5. The quantitative estimate of drug-likeness (QED) is 0.760. The highest BCUT2D eigenvalue weighted by Crippen LogP contribution is 2.21. The zero-order valence-electron chi connectivity index (χ0n) is 13.5. The van der Waals surface area contributed by atoms with Gasteiger partial charge in [-0.05, 0) is 51.3 Å². The Hall–Kier alpha value is -2.21. The summed E-state index contributed by atoms with van der Waals surface area (Å²) in [4.78, 5) is 18.0. The minimum absolute atomic E-state index is 0.00899. The summed E-state index contributed by atoms with van der Waals surface area (Å²) in [6.07, 6.45) is 3.30. The first-order chi connectivity index (χ1) is 11.0. The van der Waals surface area contributed by atoms with Crippen molar-refractivity contribution >= 4 is 5.91 Å². The van der Waals surface area contributed by atoms with Crippen molar-refractivity contribution in [1.29, 1.82) is 0 Å². The molecule has 2 rings (SSSR count). The number of nitrogens with one attached hydrogen (secondary N) is 1. The lowest BCUT2D eigenvalue weighted by atomic mass is 10.2. The zero-order chi connectivity index (χ0) is 16.7. The van der Waals surface area contributed by atoms with E-state index < -0.39 is 0 Å². The number of hydrogen-bond donors (Lipinski definition) is 1. The first kappa shape index (κ1) is 17.1. The van der Waals surface area contributed by atoms with Crippen LogP contribution in [0.3, 0.4) is 0 Å². The molecule has 1 aromatic heterocycles. The fourth-order valence-corrected chi connectivity index (χ4v) is 2.11. The Kier molecular flexibility index (Phi) is 6.29. The molecule has 0 atom stereocenters. The van der Waals surface area contributed by atoms with Crippen molar-refractivity contribution in [2.24, 2.45) is 0 Å². The van der Waals surface area contributed by atoms with Crippen LogP contribution in [-0.2, 0) is 11.2 Å². The van der Waals surface area contributed by atoms with Crippen molar-refractivity contribution in [3.8, 4) is 11.3 Å². The predicted octanol–water partition coefficient (Wildman–Crippen LogP) is 2.48. The van der Waals surface area contributed by atoms with Gasteiger partial charge in [0.25, 0.3) is 0 Å². The van der Waals surface area contributed by atoms with Crippen LogP contribution in [0.15, 0.2) is 34.9 Å². The van der Waals surface area contributed by atoms with E-state index in [0.29, 0.717) is 31.0 Å². The Morgan fingerprint density at radius 3 is 2.74 bits per heavy atom. The third-order valence-corrected chi connectivity index (χ3v) is 3.35. The molecule has 0 aliphatic rings. The van der Waals surface area contributed by atoms with Crippen molar-refractivity contribution in [3.63, 3.8) is 0 Å². The van der Waals surface area contributed by atoms with Crippen LogP contribution < -0.4 is 5.32 Å². The molecule has 0 radical (unpaired) electrons. The van der Waals surface area contributed by atoms with Crippen LogP contribution in [0.1, 0.15) is 18.7 Å². The van der Waals surface area contributed by atoms with Gasteiger partial charge in [-0.15, -0.1) is 0 Å². The lowest BCUT2D eigenvalue weighted by Crippen LogP contribution is -2.27. The van der Waals surface area contributed by atoms with E-state index in [-0.39, 0.29) is 11.7 Å². The number of benzene rings is 1. The molecule has 0 unspecified atom stereocenters. The Balaban J connectivity index is 1.76. The van der Waals surface area contributed by atoms with E-state index in [9.17, 15) is 9.18 Å². The molecule has 1 amide bonds. The molecule has 0 aliphatic carbocycles. The van der Waals surface area contributed by atoms with Gasteiger partial charge < -0.3 is 14.6 Å². The molecule has 0 fully saturated rings. The molecule has 0 bridgehead atoms. The van der Waals surface area contributed by atoms with Crippen LogP contribution in [0, 0.1) is 5.82 Å². The van der Waals surface area contributed by atoms with E-state index in [0.717, 1.165) is 18.5 Å². The topological polar surface area (TPSA) is 58.4 Å². The number of aryl methyl sites for hydroxylation is 1. The molecule has 0 saturated heterocycles. The molecular weight excluding hydrogens is 297 g/mol. The van der Waals surface area contributed by atoms with E-state index in [1.54, 1.807) is 18.3 Å². The Bertz CT molecular complexity index is 623. The van der Waals surface area contributed by atoms with Crippen molar-refractivity contribution in [1.82, 2.24) is 15.2 Å². The summed E-state index contributed by atoms with van der Waals surface area (Å²) >= 11 is 0. The molecule has 6 heteroatoms. The van der Waals surface area contributed by atoms with Crippen LogP contribution in [-0.4, -0.2) is 43.0 Å². The van der Waals surface area contributed by atoms with Gasteiger partial charge in [0.15, 0.2) is 11.7 Å². The highest BCUT2D eigenvalue weighted by Gasteiger charge is 2.09. The van der Waals surface area contributed by atoms with Gasteiger partial charge in [-0.3, -0.25) is 4.79 Å². The van der Waals surface area contributed by atoms with Crippen molar-refractivity contribution in [3.05, 3.63) is 42.2 Å². The van der Waals surface area contributed by atoms with E-state index >= 15 is 0 Å². The second-order valence-corrected chi connectivity index (χ2v) is 5.63. The fraction of sp³-hybridized carbons (Fsp3) is 0.412. The summed E-state index contributed by atoms with van der Waals surface area (Å²) in [6.45, 7) is 1.62. The number of hydrogen-bond acceptors (Lipinski definition) is 4. The van der Waals surface area contributed by atoms with Gasteiger partial charge in [0.2, 0.25) is 5.91 Å². The van der Waals surface area contributed by atoms with E-state index in [2.05, 4.69) is 15.2 Å². The molecule has 23 heavy (non-hydrogen) atoms. The first-order valence-electron chi connectivity index (χ1n) is 7.66. The lowest BCUT2D eigenvalue weighted by Gasteiger charge is -2.09. The first-order valence-corrected chi connectivity index (χ1v) is 7.66. The van der Waals surface area contributed by atoms with E-state index in [4.69, 9.17) is 4.42 Å². The maximum Gasteiger partial charge on any atom is 0.220 e. The molecule has 1 N–H and O–H groups in total. The number of carbonyl (C=O) groups is 1. The lowest BCUT2D eigenvalue weighted by molar-refractivity contribution is -0.121. The van der Waals surface area contributed by atoms with Crippen molar-refractivity contribution in [2.45, 2.75) is 19.3 Å². The highest BCUT2D eigenvalue weighted by molar-refractivity contribution is 5.76. The van der Waals surface area contributed by atoms with Crippen LogP contribution in [0.2, 0.25) is 0 Å². The monoisotopic (exact) mass is 319 g/mol. The number of nitrogens with zero attached hydrogens (tertiary/aromatic N) is 2. The van der Waals surface area contributed by atoms with Crippen LogP contribution >= 0.6 is 0 Å². The number of carbonyl (C=O) groups excluding carboxylic acids is 1. The van der Waals surface area contributed by atoms with Gasteiger partial charge in [-0.1, -0.05) is 0 Å². The largest absolute Gasteiger partial charge is 0.441 e. The maximum absolute atomic E-state index is 12.9. The maximum atomic E-state index is 12.9. The SMILES string of the molecule is CN(C)CCCNC(=O)CCc1ncc(-c2ccc(F)cc2)o1. The second-order valence-electron chi connectivity index (χ2n) is 5.63. The third kappa shape index (κ3) is 5.83. The molecule has 0 saturated carbocycles. The standard InChI is InChI=1S/C17H22FN3O2/c1-21(2)11-3-10-19-16(22)8-9-17-20-12-15(23-17)13-4-6-14(18)7-5-13/h4-7,12H,3,8-11H2,1-2H3,(H,19,22). The third-order valence-electron chi connectivity index (χ3n) is 3.35. The molecular formula is C17H22FN3O2. The predicted molar refractivity (Wildman–Crippen MR) is 86.4 cm³/mol. The average molecular weight is 319 g/mol. The summed E-state index contributed by atoms with van der Waals surface area (Å²) in [5, 5.41) is 2.88. The second kappa shape index (κ2) is 8.43. The van der Waals surface area contributed by atoms with Crippen molar-refractivity contribution in [2.75, 3.05) is 27.2 Å². The van der Waals surface area contributed by atoms with Gasteiger partial charge in [0.05, 0.1) is 6.20 Å². The van der Waals surface area contributed by atoms with Gasteiger partial charge in [0, 0.05) is 24.9 Å². The molecule has 1 aromatic carbocycles. The van der Waals surface area contributed by atoms with Crippen molar-refractivity contribution < 1.29 is 13.6 Å². The molecule has 124 valence electrons. The molecule has 1 heterocycles. The van der Waals surface area contributed by atoms with E-state index in [1.165, 1.54) is 12.1 Å². The molecule has 5 nitrogen and oxygen atoms in total. The van der Waals surface area contributed by atoms with E-state index in [1.807, 2.05) is 14.1 Å². The van der Waals surface area contributed by atoms with Crippen LogP contribution in [0.5, 0.6) is 0 Å². The Morgan fingerprint density at radius 1 is 1.30 bits per heavy atom. The summed E-state index contributed by atoms with van der Waals surface area (Å²) in [5.74, 6) is 0.781. The number of rotatable bonds is 8. The fourth-order valence-electron chi connectivity index (χ4n) is 2.11. The molecule has 0 aliphatic heterocycles. The minimum Gasteiger partial charge on any atom is -0.441 e. The minimum atomic E-state index is -0.292. The number of aromatic nitrogens is 1. The summed E-state index contributed by atoms with van der Waals surface area (Å²) in [7, 11) is 4.01. The van der Waals surface area contributed by atoms with Gasteiger partial charge in [-0.2, -0.15) is 0 Å². The summed E-state index contributed by atoms with van der Waals surface area (Å²) < 4.78 is 18.5. The average Bonchev–Trinajstić information content (AvgIpc) is 2.99. The van der Waals surface area contributed by atoms with Gasteiger partial charge in [-0.25, -0.2) is 9.37 Å². The summed E-state index contributed by atoms with van der Waals surface area (Å²) in [5.41, 5.74) is 0.762. The number of halogens is 1.